The fourth-order valence-corrected chi connectivity index (χ4v) is 2.05. The maximum atomic E-state index is 11.5. The summed E-state index contributed by atoms with van der Waals surface area (Å²) in [6, 6.07) is 5.41. The third kappa shape index (κ3) is 2.70. The van der Waals surface area contributed by atoms with Crippen LogP contribution in [-0.2, 0) is 4.79 Å². The summed E-state index contributed by atoms with van der Waals surface area (Å²) in [5.41, 5.74) is 8.53. The van der Waals surface area contributed by atoms with Crippen molar-refractivity contribution in [3.05, 3.63) is 23.7 Å². The molecular formula is C10H10N4O2S. The van der Waals surface area contributed by atoms with Gasteiger partial charge in [-0.3, -0.25) is 4.79 Å². The highest BCUT2D eigenvalue weighted by molar-refractivity contribution is 7.16. The minimum absolute atomic E-state index is 0.124. The van der Waals surface area contributed by atoms with Crippen molar-refractivity contribution in [1.82, 2.24) is 4.98 Å². The number of nitrogens with zero attached hydrogens (tertiary/aromatic N) is 2. The second kappa shape index (κ2) is 4.79. The molecule has 0 aliphatic heterocycles. The zero-order valence-electron chi connectivity index (χ0n) is 8.75. The van der Waals surface area contributed by atoms with Crippen molar-refractivity contribution < 1.29 is 10.0 Å². The maximum absolute atomic E-state index is 11.5. The van der Waals surface area contributed by atoms with E-state index in [0.717, 1.165) is 10.2 Å². The lowest BCUT2D eigenvalue weighted by atomic mass is 10.3. The number of thiazole rings is 1. The number of hydrogen-bond acceptors (Lipinski definition) is 5. The van der Waals surface area contributed by atoms with Gasteiger partial charge in [-0.25, -0.2) is 4.98 Å². The maximum Gasteiger partial charge on any atom is 0.232 e. The Morgan fingerprint density at radius 1 is 1.59 bits per heavy atom. The van der Waals surface area contributed by atoms with Crippen LogP contribution in [0.25, 0.3) is 10.2 Å². The van der Waals surface area contributed by atoms with Crippen LogP contribution in [0.15, 0.2) is 28.9 Å². The summed E-state index contributed by atoms with van der Waals surface area (Å²) in [5.74, 6) is -0.453. The molecular weight excluding hydrogens is 240 g/mol. The first-order chi connectivity index (χ1) is 8.19. The van der Waals surface area contributed by atoms with Crippen LogP contribution in [0.3, 0.4) is 0 Å². The molecule has 0 radical (unpaired) electrons. The van der Waals surface area contributed by atoms with Crippen molar-refractivity contribution in [1.29, 1.82) is 0 Å². The monoisotopic (exact) mass is 250 g/mol. The summed E-state index contributed by atoms with van der Waals surface area (Å²) in [4.78, 5) is 15.6. The normalized spacial score (nSPS) is 11.6. The molecule has 4 N–H and O–H groups in total. The van der Waals surface area contributed by atoms with Gasteiger partial charge in [0.25, 0.3) is 0 Å². The number of benzene rings is 1. The van der Waals surface area contributed by atoms with E-state index in [2.05, 4.69) is 15.5 Å². The Morgan fingerprint density at radius 2 is 2.41 bits per heavy atom. The molecule has 0 bridgehead atoms. The number of anilines is 1. The van der Waals surface area contributed by atoms with Gasteiger partial charge in [-0.05, 0) is 18.2 Å². The SMILES string of the molecule is N/C(CC(=O)Nc1ccc2ncsc2c1)=N/O. The Kier molecular flexibility index (Phi) is 3.20. The van der Waals surface area contributed by atoms with E-state index in [4.69, 9.17) is 10.9 Å². The van der Waals surface area contributed by atoms with Crippen molar-refractivity contribution in [2.24, 2.45) is 10.9 Å². The summed E-state index contributed by atoms with van der Waals surface area (Å²) in [5, 5.41) is 13.7. The highest BCUT2D eigenvalue weighted by Crippen LogP contribution is 2.21. The molecule has 2 aromatic rings. The van der Waals surface area contributed by atoms with E-state index in [1.807, 2.05) is 12.1 Å². The number of amidine groups is 1. The average Bonchev–Trinajstić information content (AvgIpc) is 2.75. The van der Waals surface area contributed by atoms with E-state index in [-0.39, 0.29) is 18.2 Å². The average molecular weight is 250 g/mol. The van der Waals surface area contributed by atoms with Crippen molar-refractivity contribution in [2.45, 2.75) is 6.42 Å². The van der Waals surface area contributed by atoms with Gasteiger partial charge in [0, 0.05) is 5.69 Å². The Morgan fingerprint density at radius 3 is 3.18 bits per heavy atom. The fourth-order valence-electron chi connectivity index (χ4n) is 1.34. The lowest BCUT2D eigenvalue weighted by Gasteiger charge is -2.04. The summed E-state index contributed by atoms with van der Waals surface area (Å²) in [6.07, 6.45) is -0.142. The van der Waals surface area contributed by atoms with Crippen molar-refractivity contribution in [3.8, 4) is 0 Å². The number of rotatable bonds is 3. The number of aromatic nitrogens is 1. The van der Waals surface area contributed by atoms with E-state index < -0.39 is 0 Å². The van der Waals surface area contributed by atoms with Crippen molar-refractivity contribution in [3.63, 3.8) is 0 Å². The molecule has 0 saturated heterocycles. The topological polar surface area (TPSA) is 101 Å². The molecule has 1 aromatic heterocycles. The lowest BCUT2D eigenvalue weighted by molar-refractivity contribution is -0.115. The second-order valence-corrected chi connectivity index (χ2v) is 4.24. The second-order valence-electron chi connectivity index (χ2n) is 3.35. The predicted octanol–water partition coefficient (Wildman–Crippen LogP) is 1.37. The quantitative estimate of drug-likeness (QED) is 0.331. The zero-order chi connectivity index (χ0) is 12.3. The molecule has 0 atom stereocenters. The Balaban J connectivity index is 2.10. The van der Waals surface area contributed by atoms with Gasteiger partial charge >= 0.3 is 0 Å². The summed E-state index contributed by atoms with van der Waals surface area (Å²) >= 11 is 1.50. The van der Waals surface area contributed by atoms with Crippen LogP contribution in [0.4, 0.5) is 5.69 Å². The van der Waals surface area contributed by atoms with E-state index in [9.17, 15) is 4.79 Å². The molecule has 6 nitrogen and oxygen atoms in total. The Hall–Kier alpha value is -2.15. The van der Waals surface area contributed by atoms with Gasteiger partial charge in [0.15, 0.2) is 0 Å². The van der Waals surface area contributed by atoms with Crippen LogP contribution < -0.4 is 11.1 Å². The minimum Gasteiger partial charge on any atom is -0.409 e. The molecule has 0 unspecified atom stereocenters. The molecule has 2 rings (SSSR count). The molecule has 0 spiro atoms. The molecule has 0 aliphatic carbocycles. The predicted molar refractivity (Wildman–Crippen MR) is 66.3 cm³/mol. The smallest absolute Gasteiger partial charge is 0.232 e. The highest BCUT2D eigenvalue weighted by atomic mass is 32.1. The number of carbonyl (C=O) groups is 1. The van der Waals surface area contributed by atoms with Gasteiger partial charge in [-0.15, -0.1) is 11.3 Å². The van der Waals surface area contributed by atoms with Crippen LogP contribution >= 0.6 is 11.3 Å². The molecule has 1 heterocycles. The van der Waals surface area contributed by atoms with E-state index >= 15 is 0 Å². The number of oxime groups is 1. The van der Waals surface area contributed by atoms with Crippen LogP contribution in [0.2, 0.25) is 0 Å². The van der Waals surface area contributed by atoms with Crippen molar-refractivity contribution >= 4 is 39.0 Å². The van der Waals surface area contributed by atoms with Crippen molar-refractivity contribution in [2.75, 3.05) is 5.32 Å². The molecule has 1 amide bonds. The molecule has 0 aliphatic rings. The first-order valence-electron chi connectivity index (χ1n) is 4.78. The van der Waals surface area contributed by atoms with E-state index in [0.29, 0.717) is 5.69 Å². The largest absolute Gasteiger partial charge is 0.409 e. The number of nitrogens with one attached hydrogen (secondary N) is 1. The molecule has 1 aromatic carbocycles. The lowest BCUT2D eigenvalue weighted by Crippen LogP contribution is -2.21. The van der Waals surface area contributed by atoms with Crippen LogP contribution in [-0.4, -0.2) is 21.9 Å². The van der Waals surface area contributed by atoms with Crippen LogP contribution in [0.1, 0.15) is 6.42 Å². The molecule has 17 heavy (non-hydrogen) atoms. The van der Waals surface area contributed by atoms with Crippen LogP contribution in [0, 0.1) is 0 Å². The number of hydrogen-bond donors (Lipinski definition) is 3. The van der Waals surface area contributed by atoms with Gasteiger partial charge in [0.05, 0.1) is 22.1 Å². The number of nitrogens with two attached hydrogens (primary N) is 1. The van der Waals surface area contributed by atoms with Gasteiger partial charge in [0.1, 0.15) is 5.84 Å². The third-order valence-electron chi connectivity index (χ3n) is 2.09. The number of fused-ring (bicyclic) bond motifs is 1. The Labute approximate surface area is 101 Å². The van der Waals surface area contributed by atoms with E-state index in [1.165, 1.54) is 11.3 Å². The minimum atomic E-state index is -0.329. The standard InChI is InChI=1S/C10H10N4O2S/c11-9(14-16)4-10(15)13-6-1-2-7-8(3-6)17-5-12-7/h1-3,5,16H,4H2,(H2,11,14)(H,13,15). The van der Waals surface area contributed by atoms with Gasteiger partial charge in [-0.1, -0.05) is 5.16 Å². The Bertz CT molecular complexity index is 578. The third-order valence-corrected chi connectivity index (χ3v) is 2.88. The summed E-state index contributed by atoms with van der Waals surface area (Å²) in [7, 11) is 0. The molecule has 0 saturated carbocycles. The highest BCUT2D eigenvalue weighted by Gasteiger charge is 2.06. The molecule has 0 fully saturated rings. The first-order valence-corrected chi connectivity index (χ1v) is 5.66. The van der Waals surface area contributed by atoms with Gasteiger partial charge < -0.3 is 16.3 Å². The van der Waals surface area contributed by atoms with Gasteiger partial charge in [0.2, 0.25) is 5.91 Å². The number of amides is 1. The summed E-state index contributed by atoms with van der Waals surface area (Å²) < 4.78 is 0.992. The first kappa shape index (κ1) is 11.3. The summed E-state index contributed by atoms with van der Waals surface area (Å²) in [6.45, 7) is 0. The van der Waals surface area contributed by atoms with Gasteiger partial charge in [-0.2, -0.15) is 0 Å². The van der Waals surface area contributed by atoms with E-state index in [1.54, 1.807) is 11.6 Å². The van der Waals surface area contributed by atoms with Crippen LogP contribution in [0.5, 0.6) is 0 Å². The molecule has 88 valence electrons. The zero-order valence-corrected chi connectivity index (χ0v) is 9.57. The molecule has 7 heteroatoms. The fraction of sp³-hybridized carbons (Fsp3) is 0.100. The number of carbonyl (C=O) groups excluding carboxylic acids is 1.